The topological polar surface area (TPSA) is 53.7 Å². The van der Waals surface area contributed by atoms with Crippen molar-refractivity contribution < 1.29 is 14.3 Å². The Kier molecular flexibility index (Phi) is 3.76. The lowest BCUT2D eigenvalue weighted by Gasteiger charge is -2.23. The van der Waals surface area contributed by atoms with Gasteiger partial charge in [0.2, 0.25) is 5.76 Å². The van der Waals surface area contributed by atoms with E-state index in [4.69, 9.17) is 9.52 Å². The standard InChI is InChI=1S/C14H21NO3/c1-9(2)11-6-7-15(8-11)10(3)12-4-5-13(18-12)14(16)17/h4-5,9-11H,6-8H2,1-3H3,(H,16,17). The number of likely N-dealkylation sites (tertiary alicyclic amines) is 1. The summed E-state index contributed by atoms with van der Waals surface area (Å²) in [6, 6.07) is 3.46. The van der Waals surface area contributed by atoms with Gasteiger partial charge in [0.05, 0.1) is 6.04 Å². The number of nitrogens with zero attached hydrogens (tertiary/aromatic N) is 1. The fourth-order valence-electron chi connectivity index (χ4n) is 2.58. The quantitative estimate of drug-likeness (QED) is 0.893. The molecular formula is C14H21NO3. The highest BCUT2D eigenvalue weighted by atomic mass is 16.4. The number of hydrogen-bond acceptors (Lipinski definition) is 3. The third kappa shape index (κ3) is 2.58. The molecule has 4 heteroatoms. The molecule has 0 aromatic carbocycles. The summed E-state index contributed by atoms with van der Waals surface area (Å²) in [6.07, 6.45) is 1.22. The van der Waals surface area contributed by atoms with E-state index in [0.717, 1.165) is 24.8 Å². The van der Waals surface area contributed by atoms with Crippen molar-refractivity contribution in [3.63, 3.8) is 0 Å². The summed E-state index contributed by atoms with van der Waals surface area (Å²) >= 11 is 0. The van der Waals surface area contributed by atoms with Gasteiger partial charge in [0.15, 0.2) is 0 Å². The Morgan fingerprint density at radius 2 is 2.17 bits per heavy atom. The molecule has 0 bridgehead atoms. The van der Waals surface area contributed by atoms with Crippen LogP contribution in [0.5, 0.6) is 0 Å². The van der Waals surface area contributed by atoms with E-state index in [9.17, 15) is 4.79 Å². The molecular weight excluding hydrogens is 230 g/mol. The number of furan rings is 1. The van der Waals surface area contributed by atoms with Gasteiger partial charge in [-0.3, -0.25) is 4.90 Å². The van der Waals surface area contributed by atoms with Crippen LogP contribution < -0.4 is 0 Å². The minimum atomic E-state index is -1.00. The van der Waals surface area contributed by atoms with Gasteiger partial charge in [-0.1, -0.05) is 13.8 Å². The van der Waals surface area contributed by atoms with E-state index in [0.29, 0.717) is 5.92 Å². The highest BCUT2D eigenvalue weighted by Crippen LogP contribution is 2.31. The lowest BCUT2D eigenvalue weighted by molar-refractivity contribution is 0.0656. The first-order chi connectivity index (χ1) is 8.49. The molecule has 0 spiro atoms. The fraction of sp³-hybridized carbons (Fsp3) is 0.643. The predicted octanol–water partition coefficient (Wildman–Crippen LogP) is 3.02. The summed E-state index contributed by atoms with van der Waals surface area (Å²) in [5.41, 5.74) is 0. The average molecular weight is 251 g/mol. The summed E-state index contributed by atoms with van der Waals surface area (Å²) < 4.78 is 5.37. The van der Waals surface area contributed by atoms with E-state index in [1.807, 2.05) is 0 Å². The summed E-state index contributed by atoms with van der Waals surface area (Å²) in [5, 5.41) is 8.85. The lowest BCUT2D eigenvalue weighted by atomic mass is 9.95. The molecule has 2 rings (SSSR count). The maximum absolute atomic E-state index is 10.8. The van der Waals surface area contributed by atoms with Gasteiger partial charge in [0, 0.05) is 6.54 Å². The number of carboxylic acids is 1. The molecule has 0 radical (unpaired) electrons. The zero-order chi connectivity index (χ0) is 13.3. The Labute approximate surface area is 108 Å². The van der Waals surface area contributed by atoms with E-state index >= 15 is 0 Å². The fourth-order valence-corrected chi connectivity index (χ4v) is 2.58. The monoisotopic (exact) mass is 251 g/mol. The van der Waals surface area contributed by atoms with Crippen molar-refractivity contribution in [3.8, 4) is 0 Å². The Hall–Kier alpha value is -1.29. The van der Waals surface area contributed by atoms with E-state index in [1.54, 1.807) is 6.07 Å². The number of aromatic carboxylic acids is 1. The molecule has 1 aromatic rings. The highest BCUT2D eigenvalue weighted by molar-refractivity contribution is 5.84. The van der Waals surface area contributed by atoms with Crippen molar-refractivity contribution >= 4 is 5.97 Å². The number of hydrogen-bond donors (Lipinski definition) is 1. The molecule has 0 aliphatic carbocycles. The van der Waals surface area contributed by atoms with Crippen LogP contribution in [-0.2, 0) is 0 Å². The van der Waals surface area contributed by atoms with E-state index in [2.05, 4.69) is 25.7 Å². The van der Waals surface area contributed by atoms with E-state index in [-0.39, 0.29) is 11.8 Å². The smallest absolute Gasteiger partial charge is 0.371 e. The van der Waals surface area contributed by atoms with Gasteiger partial charge in [-0.2, -0.15) is 0 Å². The van der Waals surface area contributed by atoms with Crippen molar-refractivity contribution in [2.24, 2.45) is 11.8 Å². The zero-order valence-electron chi connectivity index (χ0n) is 11.2. The highest BCUT2D eigenvalue weighted by Gasteiger charge is 2.29. The minimum absolute atomic E-state index is 0.0245. The molecule has 2 atom stereocenters. The molecule has 0 amide bonds. The summed E-state index contributed by atoms with van der Waals surface area (Å²) in [7, 11) is 0. The molecule has 18 heavy (non-hydrogen) atoms. The summed E-state index contributed by atoms with van der Waals surface area (Å²) in [4.78, 5) is 13.2. The third-order valence-corrected chi connectivity index (χ3v) is 4.00. The minimum Gasteiger partial charge on any atom is -0.475 e. The first-order valence-electron chi connectivity index (χ1n) is 6.56. The first-order valence-corrected chi connectivity index (χ1v) is 6.56. The van der Waals surface area contributed by atoms with Crippen LogP contribution in [-0.4, -0.2) is 29.1 Å². The molecule has 2 heterocycles. The van der Waals surface area contributed by atoms with Crippen molar-refractivity contribution in [3.05, 3.63) is 23.7 Å². The van der Waals surface area contributed by atoms with Gasteiger partial charge < -0.3 is 9.52 Å². The normalized spacial score (nSPS) is 22.6. The van der Waals surface area contributed by atoms with Crippen LogP contribution in [0.3, 0.4) is 0 Å². The van der Waals surface area contributed by atoms with Crippen LogP contribution in [0.2, 0.25) is 0 Å². The van der Waals surface area contributed by atoms with Gasteiger partial charge in [-0.15, -0.1) is 0 Å². The molecule has 4 nitrogen and oxygen atoms in total. The van der Waals surface area contributed by atoms with Gasteiger partial charge in [0.25, 0.3) is 0 Å². The average Bonchev–Trinajstić information content (AvgIpc) is 2.97. The van der Waals surface area contributed by atoms with Crippen molar-refractivity contribution in [1.29, 1.82) is 0 Å². The Morgan fingerprint density at radius 3 is 2.67 bits per heavy atom. The Bertz CT molecular complexity index is 424. The Morgan fingerprint density at radius 1 is 1.44 bits per heavy atom. The molecule has 1 saturated heterocycles. The van der Waals surface area contributed by atoms with Crippen LogP contribution in [0.4, 0.5) is 0 Å². The maximum Gasteiger partial charge on any atom is 0.371 e. The maximum atomic E-state index is 10.8. The van der Waals surface area contributed by atoms with Crippen molar-refractivity contribution in [1.82, 2.24) is 4.90 Å². The van der Waals surface area contributed by atoms with Crippen LogP contribution >= 0.6 is 0 Å². The molecule has 2 unspecified atom stereocenters. The Balaban J connectivity index is 2.03. The number of rotatable bonds is 4. The molecule has 100 valence electrons. The summed E-state index contributed by atoms with van der Waals surface area (Å²) in [5.74, 6) is 1.21. The second-order valence-electron chi connectivity index (χ2n) is 5.47. The van der Waals surface area contributed by atoms with E-state index in [1.165, 1.54) is 12.5 Å². The second-order valence-corrected chi connectivity index (χ2v) is 5.47. The van der Waals surface area contributed by atoms with Crippen molar-refractivity contribution in [2.75, 3.05) is 13.1 Å². The first kappa shape index (κ1) is 13.1. The molecule has 0 saturated carbocycles. The molecule has 1 aromatic heterocycles. The number of carboxylic acid groups (broad SMARTS) is 1. The van der Waals surface area contributed by atoms with Crippen LogP contribution in [0, 0.1) is 11.8 Å². The van der Waals surface area contributed by atoms with Crippen LogP contribution in [0.15, 0.2) is 16.5 Å². The van der Waals surface area contributed by atoms with Gasteiger partial charge in [0.1, 0.15) is 5.76 Å². The molecule has 1 N–H and O–H groups in total. The van der Waals surface area contributed by atoms with E-state index < -0.39 is 5.97 Å². The van der Waals surface area contributed by atoms with Gasteiger partial charge >= 0.3 is 5.97 Å². The molecule has 1 fully saturated rings. The molecule has 1 aliphatic heterocycles. The third-order valence-electron chi connectivity index (χ3n) is 4.00. The van der Waals surface area contributed by atoms with Gasteiger partial charge in [-0.25, -0.2) is 4.79 Å². The molecule has 1 aliphatic rings. The predicted molar refractivity (Wildman–Crippen MR) is 68.6 cm³/mol. The van der Waals surface area contributed by atoms with Crippen molar-refractivity contribution in [2.45, 2.75) is 33.2 Å². The largest absolute Gasteiger partial charge is 0.475 e. The van der Waals surface area contributed by atoms with Gasteiger partial charge in [-0.05, 0) is 43.9 Å². The SMILES string of the molecule is CC(C)C1CCN(C(C)c2ccc(C(=O)O)o2)C1. The second kappa shape index (κ2) is 5.14. The number of carbonyl (C=O) groups is 1. The zero-order valence-corrected chi connectivity index (χ0v) is 11.2. The van der Waals surface area contributed by atoms with Crippen LogP contribution in [0.1, 0.15) is 49.5 Å². The summed E-state index contributed by atoms with van der Waals surface area (Å²) in [6.45, 7) is 8.73. The van der Waals surface area contributed by atoms with Crippen LogP contribution in [0.25, 0.3) is 0 Å². The lowest BCUT2D eigenvalue weighted by Crippen LogP contribution is -2.25.